The number of hydrogen-bond acceptors (Lipinski definition) is 3. The Morgan fingerprint density at radius 3 is 2.50 bits per heavy atom. The largest absolute Gasteiger partial charge is 0.289 e. The zero-order valence-electron chi connectivity index (χ0n) is 13.9. The minimum absolute atomic E-state index is 0.0508. The number of benzene rings is 2. The molecule has 2 aromatic heterocycles. The third kappa shape index (κ3) is 2.83. The van der Waals surface area contributed by atoms with Gasteiger partial charge in [0, 0.05) is 17.0 Å². The lowest BCUT2D eigenvalue weighted by Crippen LogP contribution is -2.16. The summed E-state index contributed by atoms with van der Waals surface area (Å²) >= 11 is 4.94. The molecule has 0 radical (unpaired) electrons. The molecule has 0 saturated carbocycles. The Morgan fingerprint density at radius 2 is 1.77 bits per heavy atom. The van der Waals surface area contributed by atoms with Crippen LogP contribution in [0, 0.1) is 6.92 Å². The Balaban J connectivity index is 1.98. The van der Waals surface area contributed by atoms with Gasteiger partial charge in [-0.3, -0.25) is 14.2 Å². The van der Waals surface area contributed by atoms with Crippen LogP contribution in [0.3, 0.4) is 0 Å². The number of carbonyl (C=O) groups excluding carboxylic acids is 1. The number of para-hydroxylation sites is 1. The summed E-state index contributed by atoms with van der Waals surface area (Å²) in [5.41, 5.74) is 2.94. The van der Waals surface area contributed by atoms with Crippen molar-refractivity contribution in [2.75, 3.05) is 0 Å². The Labute approximate surface area is 162 Å². The van der Waals surface area contributed by atoms with Gasteiger partial charge in [-0.05, 0) is 47.1 Å². The molecule has 0 atom stereocenters. The molecular formula is C21H14BrNO2S. The van der Waals surface area contributed by atoms with E-state index in [1.807, 2.05) is 61.5 Å². The van der Waals surface area contributed by atoms with Crippen molar-refractivity contribution < 1.29 is 4.79 Å². The van der Waals surface area contributed by atoms with Crippen molar-refractivity contribution in [3.63, 3.8) is 0 Å². The molecule has 2 heterocycles. The molecule has 26 heavy (non-hydrogen) atoms. The summed E-state index contributed by atoms with van der Waals surface area (Å²) in [6.07, 6.45) is 0. The molecule has 4 rings (SSSR count). The van der Waals surface area contributed by atoms with Gasteiger partial charge in [0.05, 0.1) is 15.0 Å². The molecule has 0 fully saturated rings. The second-order valence-electron chi connectivity index (χ2n) is 6.01. The summed E-state index contributed by atoms with van der Waals surface area (Å²) in [7, 11) is 0. The summed E-state index contributed by atoms with van der Waals surface area (Å²) in [6.45, 7) is 1.96. The maximum atomic E-state index is 13.1. The van der Waals surface area contributed by atoms with Crippen LogP contribution >= 0.6 is 27.3 Å². The number of pyridine rings is 1. The molecule has 0 amide bonds. The third-order valence-electron chi connectivity index (χ3n) is 4.22. The predicted octanol–water partition coefficient (Wildman–Crippen LogP) is 5.35. The fourth-order valence-corrected chi connectivity index (χ4v) is 4.91. The summed E-state index contributed by atoms with van der Waals surface area (Å²) in [6, 6.07) is 20.3. The lowest BCUT2D eigenvalue weighted by molar-refractivity contribution is 0.104. The van der Waals surface area contributed by atoms with Gasteiger partial charge >= 0.3 is 0 Å². The molecule has 2 aromatic carbocycles. The number of fused-ring (bicyclic) bond motifs is 1. The first-order valence-electron chi connectivity index (χ1n) is 8.07. The van der Waals surface area contributed by atoms with E-state index in [0.717, 1.165) is 25.3 Å². The number of aryl methyl sites for hydroxylation is 1. The highest BCUT2D eigenvalue weighted by Crippen LogP contribution is 2.37. The van der Waals surface area contributed by atoms with Crippen molar-refractivity contribution in [3.05, 3.63) is 97.6 Å². The van der Waals surface area contributed by atoms with E-state index in [9.17, 15) is 9.59 Å². The van der Waals surface area contributed by atoms with Gasteiger partial charge < -0.3 is 0 Å². The molecule has 3 nitrogen and oxygen atoms in total. The van der Waals surface area contributed by atoms with Crippen molar-refractivity contribution in [3.8, 4) is 5.69 Å². The second kappa shape index (κ2) is 6.67. The average molecular weight is 424 g/mol. The molecule has 0 bridgehead atoms. The first-order chi connectivity index (χ1) is 12.6. The van der Waals surface area contributed by atoms with E-state index in [1.54, 1.807) is 10.6 Å². The smallest absolute Gasteiger partial charge is 0.256 e. The van der Waals surface area contributed by atoms with Gasteiger partial charge in [-0.25, -0.2) is 0 Å². The number of nitrogens with zero attached hydrogens (tertiary/aromatic N) is 1. The molecule has 128 valence electrons. The fraction of sp³-hybridized carbons (Fsp3) is 0.0476. The number of aromatic nitrogens is 1. The monoisotopic (exact) mass is 423 g/mol. The Hall–Kier alpha value is -2.50. The van der Waals surface area contributed by atoms with Crippen LogP contribution in [0.25, 0.3) is 15.9 Å². The first kappa shape index (κ1) is 16.9. The maximum Gasteiger partial charge on any atom is 0.256 e. The number of thiophene rings is 1. The van der Waals surface area contributed by atoms with E-state index in [0.29, 0.717) is 11.1 Å². The summed E-state index contributed by atoms with van der Waals surface area (Å²) in [5, 5.41) is 0.775. The van der Waals surface area contributed by atoms with Crippen molar-refractivity contribution in [1.82, 2.24) is 4.57 Å². The van der Waals surface area contributed by atoms with Gasteiger partial charge in [0.25, 0.3) is 5.56 Å². The van der Waals surface area contributed by atoms with Crippen LogP contribution in [0.2, 0.25) is 0 Å². The molecule has 0 aliphatic rings. The fourth-order valence-electron chi connectivity index (χ4n) is 3.02. The van der Waals surface area contributed by atoms with E-state index in [1.165, 1.54) is 17.4 Å². The molecule has 0 spiro atoms. The lowest BCUT2D eigenvalue weighted by atomic mass is 10.0. The first-order valence-corrected chi connectivity index (χ1v) is 9.68. The maximum absolute atomic E-state index is 13.1. The van der Waals surface area contributed by atoms with Crippen molar-refractivity contribution >= 4 is 43.3 Å². The summed E-state index contributed by atoms with van der Waals surface area (Å²) < 4.78 is 2.38. The van der Waals surface area contributed by atoms with Crippen LogP contribution < -0.4 is 5.56 Å². The third-order valence-corrected chi connectivity index (χ3v) is 6.08. The predicted molar refractivity (Wildman–Crippen MR) is 110 cm³/mol. The number of rotatable bonds is 3. The Kier molecular flexibility index (Phi) is 4.34. The minimum atomic E-state index is -0.119. The molecule has 4 aromatic rings. The van der Waals surface area contributed by atoms with Gasteiger partial charge in [0.1, 0.15) is 4.83 Å². The standard InChI is InChI=1S/C21H14BrNO2S/c1-13-6-5-7-14(12-13)19(25)18-16-10-11-17(24)23(21(16)26-20(18)22)15-8-3-2-4-9-15/h2-12H,1H3. The van der Waals surface area contributed by atoms with E-state index in [2.05, 4.69) is 15.9 Å². The van der Waals surface area contributed by atoms with E-state index < -0.39 is 0 Å². The zero-order chi connectivity index (χ0) is 18.3. The molecule has 0 unspecified atom stereocenters. The van der Waals surface area contributed by atoms with Crippen LogP contribution in [0.1, 0.15) is 21.5 Å². The van der Waals surface area contributed by atoms with Crippen LogP contribution in [-0.4, -0.2) is 10.4 Å². The SMILES string of the molecule is Cc1cccc(C(=O)c2c(Br)sc3c2ccc(=O)n3-c2ccccc2)c1. The zero-order valence-corrected chi connectivity index (χ0v) is 16.3. The molecule has 0 saturated heterocycles. The van der Waals surface area contributed by atoms with E-state index in [4.69, 9.17) is 0 Å². The van der Waals surface area contributed by atoms with Crippen LogP contribution in [-0.2, 0) is 0 Å². The van der Waals surface area contributed by atoms with E-state index in [-0.39, 0.29) is 11.3 Å². The van der Waals surface area contributed by atoms with Gasteiger partial charge in [-0.2, -0.15) is 0 Å². The summed E-state index contributed by atoms with van der Waals surface area (Å²) in [4.78, 5) is 26.4. The Morgan fingerprint density at radius 1 is 1.00 bits per heavy atom. The van der Waals surface area contributed by atoms with Gasteiger partial charge in [-0.1, -0.05) is 42.0 Å². The number of hydrogen-bond donors (Lipinski definition) is 0. The minimum Gasteiger partial charge on any atom is -0.289 e. The molecule has 0 N–H and O–H groups in total. The molecular weight excluding hydrogens is 410 g/mol. The van der Waals surface area contributed by atoms with Gasteiger partial charge in [0.2, 0.25) is 0 Å². The molecule has 5 heteroatoms. The van der Waals surface area contributed by atoms with Crippen molar-refractivity contribution in [1.29, 1.82) is 0 Å². The van der Waals surface area contributed by atoms with Crippen LogP contribution in [0.4, 0.5) is 0 Å². The highest BCUT2D eigenvalue weighted by atomic mass is 79.9. The van der Waals surface area contributed by atoms with Crippen molar-refractivity contribution in [2.24, 2.45) is 0 Å². The van der Waals surface area contributed by atoms with E-state index >= 15 is 0 Å². The van der Waals surface area contributed by atoms with Crippen molar-refractivity contribution in [2.45, 2.75) is 6.92 Å². The van der Waals surface area contributed by atoms with Crippen LogP contribution in [0.5, 0.6) is 0 Å². The lowest BCUT2D eigenvalue weighted by Gasteiger charge is -2.07. The quantitative estimate of drug-likeness (QED) is 0.416. The van der Waals surface area contributed by atoms with Gasteiger partial charge in [-0.15, -0.1) is 11.3 Å². The number of carbonyl (C=O) groups is 1. The topological polar surface area (TPSA) is 39.1 Å². The molecule has 0 aliphatic heterocycles. The van der Waals surface area contributed by atoms with Crippen LogP contribution in [0.15, 0.2) is 75.3 Å². The second-order valence-corrected chi connectivity index (χ2v) is 8.33. The highest BCUT2D eigenvalue weighted by Gasteiger charge is 2.21. The number of ketones is 1. The van der Waals surface area contributed by atoms with Gasteiger partial charge in [0.15, 0.2) is 5.78 Å². The Bertz CT molecular complexity index is 1190. The highest BCUT2D eigenvalue weighted by molar-refractivity contribution is 9.11. The molecule has 0 aliphatic carbocycles. The average Bonchev–Trinajstić information content (AvgIpc) is 2.97. The summed E-state index contributed by atoms with van der Waals surface area (Å²) in [5.74, 6) is -0.0508. The number of halogens is 1. The normalized spacial score (nSPS) is 11.0.